The number of rotatable bonds is 7. The van der Waals surface area contributed by atoms with Gasteiger partial charge >= 0.3 is 0 Å². The molecule has 1 aromatic carbocycles. The average Bonchev–Trinajstić information content (AvgIpc) is 2.92. The van der Waals surface area contributed by atoms with E-state index in [1.807, 2.05) is 36.4 Å². The molecule has 0 unspecified atom stereocenters. The number of pyridine rings is 2. The summed E-state index contributed by atoms with van der Waals surface area (Å²) in [7, 11) is 5.02. The summed E-state index contributed by atoms with van der Waals surface area (Å²) >= 11 is 0. The number of methoxy groups -OCH3 is 1. The molecular formula is C27H30N4O4. The Bertz CT molecular complexity index is 1170. The van der Waals surface area contributed by atoms with Crippen LogP contribution in [-0.2, 0) is 16.8 Å². The second kappa shape index (κ2) is 10.5. The molecule has 1 aliphatic rings. The van der Waals surface area contributed by atoms with Crippen LogP contribution in [0.15, 0.2) is 67.0 Å². The van der Waals surface area contributed by atoms with Crippen molar-refractivity contribution in [3.8, 4) is 11.5 Å². The first-order chi connectivity index (χ1) is 16.9. The van der Waals surface area contributed by atoms with Crippen LogP contribution >= 0.6 is 0 Å². The first-order valence-corrected chi connectivity index (χ1v) is 11.6. The lowest BCUT2D eigenvalue weighted by molar-refractivity contribution is -0.136. The molecule has 0 spiro atoms. The number of amides is 2. The Labute approximate surface area is 205 Å². The van der Waals surface area contributed by atoms with Crippen LogP contribution in [0.25, 0.3) is 0 Å². The molecule has 0 bridgehead atoms. The highest BCUT2D eigenvalue weighted by atomic mass is 16.5. The third-order valence-corrected chi connectivity index (χ3v) is 6.26. The third kappa shape index (κ3) is 5.11. The van der Waals surface area contributed by atoms with Gasteiger partial charge in [-0.05, 0) is 55.3 Å². The zero-order valence-electron chi connectivity index (χ0n) is 20.3. The molecule has 8 nitrogen and oxygen atoms in total. The topological polar surface area (TPSA) is 84.9 Å². The molecule has 8 heteroatoms. The Kier molecular flexibility index (Phi) is 7.29. The van der Waals surface area contributed by atoms with E-state index in [9.17, 15) is 9.59 Å². The Balaban J connectivity index is 1.57. The van der Waals surface area contributed by atoms with E-state index in [4.69, 9.17) is 9.47 Å². The molecule has 4 rings (SSSR count). The first-order valence-electron chi connectivity index (χ1n) is 11.6. The Morgan fingerprint density at radius 1 is 1.03 bits per heavy atom. The summed E-state index contributed by atoms with van der Waals surface area (Å²) in [5.41, 5.74) is 1.07. The van der Waals surface area contributed by atoms with E-state index in [-0.39, 0.29) is 25.0 Å². The number of carbonyl (C=O) groups is 2. The van der Waals surface area contributed by atoms with Gasteiger partial charge in [0.1, 0.15) is 12.0 Å². The minimum absolute atomic E-state index is 0.0513. The summed E-state index contributed by atoms with van der Waals surface area (Å²) in [5.74, 6) is 0.777. The van der Waals surface area contributed by atoms with Crippen LogP contribution < -0.4 is 9.47 Å². The molecule has 3 heterocycles. The maximum absolute atomic E-state index is 13.5. The van der Waals surface area contributed by atoms with Gasteiger partial charge in [0, 0.05) is 45.1 Å². The molecule has 182 valence electrons. The Morgan fingerprint density at radius 2 is 1.80 bits per heavy atom. The van der Waals surface area contributed by atoms with Gasteiger partial charge in [-0.1, -0.05) is 12.1 Å². The number of piperidine rings is 1. The molecule has 2 amide bonds. The zero-order chi connectivity index (χ0) is 24.8. The molecule has 2 aromatic heterocycles. The fourth-order valence-corrected chi connectivity index (χ4v) is 4.53. The third-order valence-electron chi connectivity index (χ3n) is 6.26. The first kappa shape index (κ1) is 24.2. The monoisotopic (exact) mass is 474 g/mol. The second-order valence-electron chi connectivity index (χ2n) is 8.80. The van der Waals surface area contributed by atoms with Gasteiger partial charge in [0.25, 0.3) is 5.91 Å². The van der Waals surface area contributed by atoms with Gasteiger partial charge in [-0.15, -0.1) is 0 Å². The smallest absolute Gasteiger partial charge is 0.254 e. The molecule has 0 N–H and O–H groups in total. The fourth-order valence-electron chi connectivity index (χ4n) is 4.53. The van der Waals surface area contributed by atoms with Crippen molar-refractivity contribution in [3.05, 3.63) is 83.9 Å². The van der Waals surface area contributed by atoms with Crippen molar-refractivity contribution in [3.63, 3.8) is 0 Å². The highest BCUT2D eigenvalue weighted by Crippen LogP contribution is 2.36. The number of aromatic nitrogens is 2. The summed E-state index contributed by atoms with van der Waals surface area (Å²) in [6.07, 6.45) is 4.73. The van der Waals surface area contributed by atoms with Crippen LogP contribution in [0.1, 0.15) is 34.6 Å². The average molecular weight is 475 g/mol. The van der Waals surface area contributed by atoms with Crippen LogP contribution in [0.2, 0.25) is 0 Å². The molecule has 1 aliphatic heterocycles. The van der Waals surface area contributed by atoms with E-state index in [0.717, 1.165) is 5.69 Å². The standard InChI is InChI=1S/C27H30N4O4/c1-30(2)26(33)27(24-10-5-7-15-29-24)13-8-16-31(19-27)25(32)20-11-12-22(23(17-20)34-3)35-18-21-9-4-6-14-28-21/h4-7,9-12,14-15,17H,8,13,16,18-19H2,1-3H3/t27-/m1/s1. The van der Waals surface area contributed by atoms with Gasteiger partial charge in [0.05, 0.1) is 18.5 Å². The predicted octanol–water partition coefficient (Wildman–Crippen LogP) is 3.33. The molecule has 0 saturated carbocycles. The van der Waals surface area contributed by atoms with Crippen molar-refractivity contribution in [1.29, 1.82) is 0 Å². The number of likely N-dealkylation sites (N-methyl/N-ethyl adjacent to an activating group) is 1. The minimum Gasteiger partial charge on any atom is -0.493 e. The molecule has 0 radical (unpaired) electrons. The molecule has 1 atom stereocenters. The van der Waals surface area contributed by atoms with Crippen LogP contribution in [0.5, 0.6) is 11.5 Å². The maximum Gasteiger partial charge on any atom is 0.254 e. The Hall–Kier alpha value is -3.94. The fraction of sp³-hybridized carbons (Fsp3) is 0.333. The molecule has 1 fully saturated rings. The molecule has 35 heavy (non-hydrogen) atoms. The van der Waals surface area contributed by atoms with Gasteiger partial charge in [-0.2, -0.15) is 0 Å². The van der Waals surface area contributed by atoms with Crippen LogP contribution in [0.3, 0.4) is 0 Å². The number of benzene rings is 1. The number of ether oxygens (including phenoxy) is 2. The number of likely N-dealkylation sites (tertiary alicyclic amines) is 1. The lowest BCUT2D eigenvalue weighted by Crippen LogP contribution is -2.56. The van der Waals surface area contributed by atoms with Crippen LogP contribution in [0, 0.1) is 0 Å². The normalized spacial score (nSPS) is 17.5. The highest BCUT2D eigenvalue weighted by molar-refractivity contribution is 5.96. The van der Waals surface area contributed by atoms with Gasteiger partial charge in [-0.25, -0.2) is 0 Å². The van der Waals surface area contributed by atoms with Crippen molar-refractivity contribution in [2.45, 2.75) is 24.9 Å². The summed E-state index contributed by atoms with van der Waals surface area (Å²) in [6, 6.07) is 16.3. The largest absolute Gasteiger partial charge is 0.493 e. The molecular weight excluding hydrogens is 444 g/mol. The van der Waals surface area contributed by atoms with Crippen molar-refractivity contribution >= 4 is 11.8 Å². The summed E-state index contributed by atoms with van der Waals surface area (Å²) in [6.45, 7) is 1.12. The minimum atomic E-state index is -0.880. The predicted molar refractivity (Wildman–Crippen MR) is 131 cm³/mol. The van der Waals surface area contributed by atoms with Gasteiger partial charge in [-0.3, -0.25) is 19.6 Å². The number of hydrogen-bond donors (Lipinski definition) is 0. The quantitative estimate of drug-likeness (QED) is 0.522. The van der Waals surface area contributed by atoms with Crippen molar-refractivity contribution in [1.82, 2.24) is 19.8 Å². The molecule has 3 aromatic rings. The van der Waals surface area contributed by atoms with E-state index < -0.39 is 5.41 Å². The van der Waals surface area contributed by atoms with E-state index >= 15 is 0 Å². The van der Waals surface area contributed by atoms with Crippen LogP contribution in [-0.4, -0.2) is 65.9 Å². The SMILES string of the molecule is COc1cc(C(=O)N2CCC[C@](C(=O)N(C)C)(c3ccccn3)C2)ccc1OCc1ccccn1. The highest BCUT2D eigenvalue weighted by Gasteiger charge is 2.47. The van der Waals surface area contributed by atoms with Gasteiger partial charge < -0.3 is 19.3 Å². The summed E-state index contributed by atoms with van der Waals surface area (Å²) in [4.78, 5) is 39.0. The van der Waals surface area contributed by atoms with Crippen molar-refractivity contribution < 1.29 is 19.1 Å². The van der Waals surface area contributed by atoms with Crippen LogP contribution in [0.4, 0.5) is 0 Å². The summed E-state index contributed by atoms with van der Waals surface area (Å²) in [5, 5.41) is 0. The molecule has 0 aliphatic carbocycles. The van der Waals surface area contributed by atoms with Crippen molar-refractivity contribution in [2.24, 2.45) is 0 Å². The number of carbonyl (C=O) groups excluding carboxylic acids is 2. The Morgan fingerprint density at radius 3 is 2.46 bits per heavy atom. The van der Waals surface area contributed by atoms with Gasteiger partial charge in [0.15, 0.2) is 11.5 Å². The van der Waals surface area contributed by atoms with E-state index in [1.165, 1.54) is 0 Å². The van der Waals surface area contributed by atoms with E-state index in [2.05, 4.69) is 9.97 Å². The summed E-state index contributed by atoms with van der Waals surface area (Å²) < 4.78 is 11.4. The molecule has 1 saturated heterocycles. The van der Waals surface area contributed by atoms with Crippen molar-refractivity contribution in [2.75, 3.05) is 34.3 Å². The maximum atomic E-state index is 13.5. The second-order valence-corrected chi connectivity index (χ2v) is 8.80. The number of hydrogen-bond acceptors (Lipinski definition) is 6. The lowest BCUT2D eigenvalue weighted by atomic mass is 9.75. The zero-order valence-corrected chi connectivity index (χ0v) is 20.3. The van der Waals surface area contributed by atoms with E-state index in [0.29, 0.717) is 42.1 Å². The lowest BCUT2D eigenvalue weighted by Gasteiger charge is -2.42. The van der Waals surface area contributed by atoms with E-state index in [1.54, 1.807) is 61.6 Å². The number of nitrogens with zero attached hydrogens (tertiary/aromatic N) is 4. The van der Waals surface area contributed by atoms with Gasteiger partial charge in [0.2, 0.25) is 5.91 Å².